The SMILES string of the molecule is CCOc1cc(CNCc2cccs2)cc(Cl)c1OCc1c(Cl)cccc1Cl. The highest BCUT2D eigenvalue weighted by atomic mass is 35.5. The second-order valence-electron chi connectivity index (χ2n) is 6.01. The lowest BCUT2D eigenvalue weighted by atomic mass is 10.2. The lowest BCUT2D eigenvalue weighted by Gasteiger charge is -2.16. The molecule has 1 heterocycles. The predicted octanol–water partition coefficient (Wildman–Crippen LogP) is 6.98. The molecule has 0 saturated heterocycles. The van der Waals surface area contributed by atoms with Crippen LogP contribution in [0.3, 0.4) is 0 Å². The Morgan fingerprint density at radius 3 is 2.39 bits per heavy atom. The van der Waals surface area contributed by atoms with Crippen LogP contribution in [0, 0.1) is 0 Å². The first-order valence-electron chi connectivity index (χ1n) is 8.82. The summed E-state index contributed by atoms with van der Waals surface area (Å²) >= 11 is 20.7. The van der Waals surface area contributed by atoms with Gasteiger partial charge in [0.2, 0.25) is 0 Å². The van der Waals surface area contributed by atoms with Gasteiger partial charge in [-0.25, -0.2) is 0 Å². The fourth-order valence-electron chi connectivity index (χ4n) is 2.68. The minimum atomic E-state index is 0.203. The molecule has 0 unspecified atom stereocenters. The highest BCUT2D eigenvalue weighted by molar-refractivity contribution is 7.09. The Kier molecular flexibility index (Phi) is 7.89. The van der Waals surface area contributed by atoms with Crippen molar-refractivity contribution >= 4 is 46.1 Å². The summed E-state index contributed by atoms with van der Waals surface area (Å²) in [7, 11) is 0. The van der Waals surface area contributed by atoms with Crippen molar-refractivity contribution in [3.8, 4) is 11.5 Å². The average Bonchev–Trinajstić information content (AvgIpc) is 3.17. The summed E-state index contributed by atoms with van der Waals surface area (Å²) in [5.74, 6) is 1.09. The molecular weight excluding hydrogens is 437 g/mol. The molecule has 0 bridgehead atoms. The molecule has 3 nitrogen and oxygen atoms in total. The number of hydrogen-bond acceptors (Lipinski definition) is 4. The van der Waals surface area contributed by atoms with Gasteiger partial charge >= 0.3 is 0 Å². The third kappa shape index (κ3) is 5.56. The monoisotopic (exact) mass is 455 g/mol. The number of thiophene rings is 1. The van der Waals surface area contributed by atoms with E-state index in [1.165, 1.54) is 4.88 Å². The number of ether oxygens (including phenoxy) is 2. The van der Waals surface area contributed by atoms with Gasteiger partial charge in [-0.05, 0) is 48.2 Å². The average molecular weight is 457 g/mol. The highest BCUT2D eigenvalue weighted by Crippen LogP contribution is 2.38. The molecule has 1 aromatic heterocycles. The largest absolute Gasteiger partial charge is 0.490 e. The molecule has 148 valence electrons. The van der Waals surface area contributed by atoms with E-state index < -0.39 is 0 Å². The fraction of sp³-hybridized carbons (Fsp3) is 0.238. The van der Waals surface area contributed by atoms with Crippen molar-refractivity contribution in [3.05, 3.63) is 78.9 Å². The lowest BCUT2D eigenvalue weighted by Crippen LogP contribution is -2.12. The smallest absolute Gasteiger partial charge is 0.180 e. The predicted molar refractivity (Wildman–Crippen MR) is 118 cm³/mol. The maximum atomic E-state index is 6.50. The molecule has 28 heavy (non-hydrogen) atoms. The molecule has 0 saturated carbocycles. The van der Waals surface area contributed by atoms with Crippen molar-refractivity contribution in [1.82, 2.24) is 5.32 Å². The summed E-state index contributed by atoms with van der Waals surface area (Å²) < 4.78 is 11.7. The molecule has 0 spiro atoms. The topological polar surface area (TPSA) is 30.5 Å². The van der Waals surface area contributed by atoms with Crippen LogP contribution in [0.5, 0.6) is 11.5 Å². The molecule has 0 aliphatic rings. The van der Waals surface area contributed by atoms with Gasteiger partial charge in [0, 0.05) is 33.6 Å². The van der Waals surface area contributed by atoms with Gasteiger partial charge in [-0.1, -0.05) is 46.9 Å². The minimum absolute atomic E-state index is 0.203. The van der Waals surface area contributed by atoms with Crippen LogP contribution in [0.25, 0.3) is 0 Å². The van der Waals surface area contributed by atoms with E-state index in [1.54, 1.807) is 29.5 Å². The summed E-state index contributed by atoms with van der Waals surface area (Å²) in [5, 5.41) is 7.07. The lowest BCUT2D eigenvalue weighted by molar-refractivity contribution is 0.269. The van der Waals surface area contributed by atoms with E-state index in [4.69, 9.17) is 44.3 Å². The molecule has 0 atom stereocenters. The van der Waals surface area contributed by atoms with Gasteiger partial charge in [-0.3, -0.25) is 0 Å². The normalized spacial score (nSPS) is 10.9. The Hall–Kier alpha value is -1.43. The van der Waals surface area contributed by atoms with Crippen LogP contribution >= 0.6 is 46.1 Å². The summed E-state index contributed by atoms with van der Waals surface area (Å²) in [5.41, 5.74) is 1.74. The summed E-state index contributed by atoms with van der Waals surface area (Å²) in [6, 6.07) is 13.3. The second kappa shape index (κ2) is 10.4. The van der Waals surface area contributed by atoms with Crippen molar-refractivity contribution in [3.63, 3.8) is 0 Å². The molecule has 3 aromatic rings. The zero-order valence-electron chi connectivity index (χ0n) is 15.3. The summed E-state index contributed by atoms with van der Waals surface area (Å²) in [4.78, 5) is 1.28. The Bertz CT molecular complexity index is 896. The summed E-state index contributed by atoms with van der Waals surface area (Å²) in [6.07, 6.45) is 0. The van der Waals surface area contributed by atoms with Gasteiger partial charge in [0.25, 0.3) is 0 Å². The Balaban J connectivity index is 1.73. The number of rotatable bonds is 9. The molecule has 0 fully saturated rings. The molecule has 2 aromatic carbocycles. The van der Waals surface area contributed by atoms with Gasteiger partial charge in [-0.15, -0.1) is 11.3 Å². The van der Waals surface area contributed by atoms with Crippen LogP contribution in [0.4, 0.5) is 0 Å². The van der Waals surface area contributed by atoms with Gasteiger partial charge in [0.1, 0.15) is 6.61 Å². The third-order valence-corrected chi connectivity index (χ3v) is 5.87. The van der Waals surface area contributed by atoms with E-state index in [0.29, 0.717) is 45.3 Å². The number of benzene rings is 2. The number of hydrogen-bond donors (Lipinski definition) is 1. The van der Waals surface area contributed by atoms with E-state index in [2.05, 4.69) is 16.8 Å². The maximum Gasteiger partial charge on any atom is 0.180 e. The minimum Gasteiger partial charge on any atom is -0.490 e. The third-order valence-electron chi connectivity index (χ3n) is 4.00. The zero-order chi connectivity index (χ0) is 19.9. The van der Waals surface area contributed by atoms with E-state index in [1.807, 2.05) is 25.1 Å². The number of nitrogens with one attached hydrogen (secondary N) is 1. The van der Waals surface area contributed by atoms with Crippen molar-refractivity contribution in [1.29, 1.82) is 0 Å². The van der Waals surface area contributed by atoms with E-state index in [0.717, 1.165) is 12.1 Å². The Morgan fingerprint density at radius 1 is 0.929 bits per heavy atom. The van der Waals surface area contributed by atoms with Crippen LogP contribution in [0.15, 0.2) is 47.8 Å². The number of halogens is 3. The van der Waals surface area contributed by atoms with Crippen molar-refractivity contribution in [2.75, 3.05) is 6.61 Å². The zero-order valence-corrected chi connectivity index (χ0v) is 18.4. The van der Waals surface area contributed by atoms with Gasteiger partial charge in [0.05, 0.1) is 11.6 Å². The van der Waals surface area contributed by atoms with Gasteiger partial charge < -0.3 is 14.8 Å². The van der Waals surface area contributed by atoms with Crippen molar-refractivity contribution in [2.24, 2.45) is 0 Å². The molecule has 1 N–H and O–H groups in total. The van der Waals surface area contributed by atoms with Crippen LogP contribution in [0.2, 0.25) is 15.1 Å². The van der Waals surface area contributed by atoms with Crippen molar-refractivity contribution < 1.29 is 9.47 Å². The first-order chi connectivity index (χ1) is 13.6. The maximum absolute atomic E-state index is 6.50. The Labute approximate surface area is 184 Å². The first kappa shape index (κ1) is 21.3. The molecule has 0 aliphatic heterocycles. The molecule has 3 rings (SSSR count). The molecule has 0 amide bonds. The molecule has 0 radical (unpaired) electrons. The fourth-order valence-corrected chi connectivity index (χ4v) is 4.15. The highest BCUT2D eigenvalue weighted by Gasteiger charge is 2.15. The first-order valence-corrected chi connectivity index (χ1v) is 10.8. The van der Waals surface area contributed by atoms with Crippen molar-refractivity contribution in [2.45, 2.75) is 26.6 Å². The van der Waals surface area contributed by atoms with E-state index >= 15 is 0 Å². The van der Waals surface area contributed by atoms with Gasteiger partial charge in [-0.2, -0.15) is 0 Å². The molecule has 7 heteroatoms. The van der Waals surface area contributed by atoms with Crippen LogP contribution in [-0.2, 0) is 19.7 Å². The van der Waals surface area contributed by atoms with Gasteiger partial charge in [0.15, 0.2) is 11.5 Å². The summed E-state index contributed by atoms with van der Waals surface area (Å²) in [6.45, 7) is 4.11. The van der Waals surface area contributed by atoms with Crippen LogP contribution in [0.1, 0.15) is 22.9 Å². The quantitative estimate of drug-likeness (QED) is 0.377. The standard InChI is InChI=1S/C21H20Cl3NO2S/c1-2-26-20-10-14(11-25-12-15-5-4-8-28-15)9-19(24)21(20)27-13-16-17(22)6-3-7-18(16)23/h3-10,25H,2,11-13H2,1H3. The molecule has 0 aliphatic carbocycles. The van der Waals surface area contributed by atoms with Crippen LogP contribution < -0.4 is 14.8 Å². The van der Waals surface area contributed by atoms with Crippen LogP contribution in [-0.4, -0.2) is 6.61 Å². The Morgan fingerprint density at radius 2 is 1.71 bits per heavy atom. The second-order valence-corrected chi connectivity index (χ2v) is 8.26. The van der Waals surface area contributed by atoms with E-state index in [-0.39, 0.29) is 6.61 Å². The molecular formula is C21H20Cl3NO2S. The van der Waals surface area contributed by atoms with E-state index in [9.17, 15) is 0 Å².